The smallest absolute Gasteiger partial charge is 0.163 e. The minimum absolute atomic E-state index is 0.149. The van der Waals surface area contributed by atoms with E-state index in [-0.39, 0.29) is 6.04 Å². The summed E-state index contributed by atoms with van der Waals surface area (Å²) in [5.41, 5.74) is 17.5. The summed E-state index contributed by atoms with van der Waals surface area (Å²) in [4.78, 5) is 20.9. The van der Waals surface area contributed by atoms with Crippen molar-refractivity contribution in [3.8, 4) is 17.0 Å². The van der Waals surface area contributed by atoms with Crippen LogP contribution >= 0.6 is 0 Å². The number of nitrogens with two attached hydrogens (primary N) is 2. The molecular formula is C25H25N7O. The highest BCUT2D eigenvalue weighted by atomic mass is 16.5. The minimum atomic E-state index is -0.149. The molecule has 0 amide bonds. The summed E-state index contributed by atoms with van der Waals surface area (Å²) in [6.07, 6.45) is 8.38. The van der Waals surface area contributed by atoms with Crippen molar-refractivity contribution in [2.75, 3.05) is 13.2 Å². The zero-order valence-electron chi connectivity index (χ0n) is 18.1. The van der Waals surface area contributed by atoms with Crippen LogP contribution in [0, 0.1) is 0 Å². The third-order valence-electron chi connectivity index (χ3n) is 5.59. The van der Waals surface area contributed by atoms with Crippen LogP contribution in [-0.4, -0.2) is 44.1 Å². The fourth-order valence-electron chi connectivity index (χ4n) is 3.97. The summed E-state index contributed by atoms with van der Waals surface area (Å²) < 4.78 is 5.96. The molecule has 1 atom stereocenters. The van der Waals surface area contributed by atoms with E-state index in [4.69, 9.17) is 16.2 Å². The number of pyridine rings is 2. The topological polar surface area (TPSA) is 129 Å². The molecule has 0 fully saturated rings. The largest absolute Gasteiger partial charge is 0.490 e. The van der Waals surface area contributed by atoms with Gasteiger partial charge in [0, 0.05) is 46.7 Å². The van der Waals surface area contributed by atoms with Gasteiger partial charge in [0.05, 0.1) is 17.6 Å². The molecule has 0 spiro atoms. The van der Waals surface area contributed by atoms with Crippen LogP contribution in [0.2, 0.25) is 0 Å². The van der Waals surface area contributed by atoms with Gasteiger partial charge < -0.3 is 21.2 Å². The Morgan fingerprint density at radius 2 is 1.94 bits per heavy atom. The summed E-state index contributed by atoms with van der Waals surface area (Å²) in [5, 5.41) is 2.10. The maximum absolute atomic E-state index is 6.36. The maximum Gasteiger partial charge on any atom is 0.163 e. The summed E-state index contributed by atoms with van der Waals surface area (Å²) in [6.45, 7) is 0.908. The van der Waals surface area contributed by atoms with Gasteiger partial charge in [-0.3, -0.25) is 4.98 Å². The van der Waals surface area contributed by atoms with Gasteiger partial charge in [-0.05, 0) is 42.8 Å². The molecule has 166 valence electrons. The van der Waals surface area contributed by atoms with Gasteiger partial charge in [0.1, 0.15) is 18.7 Å². The maximum atomic E-state index is 6.36. The van der Waals surface area contributed by atoms with Crippen molar-refractivity contribution in [3.63, 3.8) is 0 Å². The van der Waals surface area contributed by atoms with Crippen LogP contribution in [-0.2, 0) is 12.8 Å². The molecule has 0 radical (unpaired) electrons. The number of aromatic amines is 1. The van der Waals surface area contributed by atoms with Gasteiger partial charge in [0.15, 0.2) is 5.65 Å². The van der Waals surface area contributed by atoms with Crippen molar-refractivity contribution in [3.05, 3.63) is 78.6 Å². The van der Waals surface area contributed by atoms with E-state index in [1.165, 1.54) is 17.3 Å². The molecule has 4 aromatic heterocycles. The number of H-pyrrole nitrogens is 1. The second-order valence-corrected chi connectivity index (χ2v) is 7.97. The molecule has 33 heavy (non-hydrogen) atoms. The molecule has 4 heterocycles. The number of benzene rings is 1. The Balaban J connectivity index is 1.29. The second-order valence-electron chi connectivity index (χ2n) is 7.97. The number of hydrogen-bond donors (Lipinski definition) is 3. The Bertz CT molecular complexity index is 1400. The van der Waals surface area contributed by atoms with Crippen LogP contribution in [0.15, 0.2) is 67.4 Å². The lowest BCUT2D eigenvalue weighted by Crippen LogP contribution is -2.30. The van der Waals surface area contributed by atoms with Crippen LogP contribution in [0.25, 0.3) is 33.2 Å². The van der Waals surface area contributed by atoms with Crippen LogP contribution in [0.3, 0.4) is 0 Å². The number of para-hydroxylation sites is 1. The lowest BCUT2D eigenvalue weighted by molar-refractivity contribution is 0.287. The Hall–Kier alpha value is -3.88. The summed E-state index contributed by atoms with van der Waals surface area (Å²) in [7, 11) is 0. The standard InChI is InChI=1S/C25H25N7O/c26-8-7-24-21-5-6-22(32-25(21)31-15-30-24)17-10-19(13-28-11-17)33-14-18(27)9-16-12-29-23-4-2-1-3-20(16)23/h1-6,10-13,15,18,29H,7-9,14,26-27H2/t18-/m0/s1. The zero-order chi connectivity index (χ0) is 22.6. The first-order chi connectivity index (χ1) is 16.2. The van der Waals surface area contributed by atoms with Crippen LogP contribution < -0.4 is 16.2 Å². The van der Waals surface area contributed by atoms with Crippen LogP contribution in [0.4, 0.5) is 0 Å². The predicted molar refractivity (Wildman–Crippen MR) is 129 cm³/mol. The molecule has 8 heteroatoms. The molecule has 8 nitrogen and oxygen atoms in total. The average molecular weight is 440 g/mol. The molecule has 0 aliphatic heterocycles. The van der Waals surface area contributed by atoms with E-state index >= 15 is 0 Å². The number of hydrogen-bond acceptors (Lipinski definition) is 7. The van der Waals surface area contributed by atoms with E-state index in [2.05, 4.69) is 37.1 Å². The first-order valence-corrected chi connectivity index (χ1v) is 10.9. The molecule has 0 bridgehead atoms. The predicted octanol–water partition coefficient (Wildman–Crippen LogP) is 3.02. The van der Waals surface area contributed by atoms with Crippen molar-refractivity contribution in [1.82, 2.24) is 24.9 Å². The summed E-state index contributed by atoms with van der Waals surface area (Å²) in [5.74, 6) is 0.648. The number of rotatable bonds is 8. The molecule has 0 unspecified atom stereocenters. The first kappa shape index (κ1) is 21.0. The van der Waals surface area contributed by atoms with Gasteiger partial charge in [-0.2, -0.15) is 0 Å². The highest BCUT2D eigenvalue weighted by molar-refractivity contribution is 5.83. The van der Waals surface area contributed by atoms with Crippen LogP contribution in [0.1, 0.15) is 11.3 Å². The van der Waals surface area contributed by atoms with Crippen molar-refractivity contribution < 1.29 is 4.74 Å². The number of fused-ring (bicyclic) bond motifs is 2. The molecule has 0 aliphatic carbocycles. The first-order valence-electron chi connectivity index (χ1n) is 10.9. The lowest BCUT2D eigenvalue weighted by Gasteiger charge is -2.13. The van der Waals surface area contributed by atoms with Crippen molar-refractivity contribution in [2.24, 2.45) is 11.5 Å². The van der Waals surface area contributed by atoms with E-state index < -0.39 is 0 Å². The molecule has 5 rings (SSSR count). The molecule has 1 aromatic carbocycles. The Morgan fingerprint density at radius 1 is 1.03 bits per heavy atom. The third-order valence-corrected chi connectivity index (χ3v) is 5.59. The Labute approximate surface area is 191 Å². The van der Waals surface area contributed by atoms with E-state index in [1.807, 2.05) is 36.5 Å². The molecule has 5 aromatic rings. The van der Waals surface area contributed by atoms with Crippen molar-refractivity contribution in [1.29, 1.82) is 0 Å². The highest BCUT2D eigenvalue weighted by Crippen LogP contribution is 2.24. The lowest BCUT2D eigenvalue weighted by atomic mass is 10.1. The number of nitrogens with zero attached hydrogens (tertiary/aromatic N) is 4. The van der Waals surface area contributed by atoms with Gasteiger partial charge >= 0.3 is 0 Å². The minimum Gasteiger partial charge on any atom is -0.490 e. The summed E-state index contributed by atoms with van der Waals surface area (Å²) in [6, 6.07) is 13.9. The third kappa shape index (κ3) is 4.52. The fourth-order valence-corrected chi connectivity index (χ4v) is 3.97. The fraction of sp³-hybridized carbons (Fsp3) is 0.200. The van der Waals surface area contributed by atoms with Gasteiger partial charge in [-0.1, -0.05) is 18.2 Å². The van der Waals surface area contributed by atoms with E-state index in [9.17, 15) is 0 Å². The monoisotopic (exact) mass is 439 g/mol. The molecule has 5 N–H and O–H groups in total. The number of nitrogens with one attached hydrogen (secondary N) is 1. The van der Waals surface area contributed by atoms with Gasteiger partial charge in [0.25, 0.3) is 0 Å². The molecule has 0 aliphatic rings. The quantitative estimate of drug-likeness (QED) is 0.339. The molecular weight excluding hydrogens is 414 g/mol. The van der Waals surface area contributed by atoms with Gasteiger partial charge in [0.2, 0.25) is 0 Å². The second kappa shape index (κ2) is 9.32. The molecule has 0 saturated carbocycles. The Morgan fingerprint density at radius 3 is 2.85 bits per heavy atom. The van der Waals surface area contributed by atoms with Crippen molar-refractivity contribution >= 4 is 21.9 Å². The van der Waals surface area contributed by atoms with E-state index in [0.717, 1.165) is 27.9 Å². The SMILES string of the molecule is NCCc1ncnc2nc(-c3cncc(OC[C@@H](N)Cc4c[nH]c5ccccc45)c3)ccc12. The highest BCUT2D eigenvalue weighted by Gasteiger charge is 2.11. The number of ether oxygens (including phenoxy) is 1. The van der Waals surface area contributed by atoms with Gasteiger partial charge in [-0.15, -0.1) is 0 Å². The van der Waals surface area contributed by atoms with Crippen LogP contribution in [0.5, 0.6) is 5.75 Å². The molecule has 0 saturated heterocycles. The van der Waals surface area contributed by atoms with E-state index in [1.54, 1.807) is 12.4 Å². The van der Waals surface area contributed by atoms with Crippen molar-refractivity contribution in [2.45, 2.75) is 18.9 Å². The average Bonchev–Trinajstić information content (AvgIpc) is 3.26. The van der Waals surface area contributed by atoms with E-state index in [0.29, 0.717) is 37.4 Å². The Kier molecular flexibility index (Phi) is 5.93. The normalized spacial score (nSPS) is 12.3. The summed E-state index contributed by atoms with van der Waals surface area (Å²) >= 11 is 0. The number of aromatic nitrogens is 5. The zero-order valence-corrected chi connectivity index (χ0v) is 18.1. The van der Waals surface area contributed by atoms with Gasteiger partial charge in [-0.25, -0.2) is 15.0 Å².